The average molecular weight is 352 g/mol. The Bertz CT molecular complexity index is 690. The standard InChI is InChI=1S/C16H24N4O5/c1-8(2)7-11(12-13(22)17-16(24)18-14(12)23)15-19(5-6-21)9(3)10(4)20(15)25/h8,11-12,21H,5-7H2,1-4H3,(H2,17,18,22,23,24)/t11-/m1/s1. The van der Waals surface area contributed by atoms with Crippen molar-refractivity contribution in [2.45, 2.75) is 46.6 Å². The topological polar surface area (TPSA) is 127 Å². The van der Waals surface area contributed by atoms with Crippen molar-refractivity contribution in [3.63, 3.8) is 0 Å². The Kier molecular flexibility index (Phi) is 5.46. The maximum absolute atomic E-state index is 12.7. The smallest absolute Gasteiger partial charge is 0.328 e. The fourth-order valence-electron chi connectivity index (χ4n) is 3.32. The number of aliphatic hydroxyl groups excluding tert-OH is 1. The second-order valence-electron chi connectivity index (χ2n) is 6.72. The molecule has 138 valence electrons. The lowest BCUT2D eigenvalue weighted by Crippen LogP contribution is -2.58. The number of nitrogens with one attached hydrogen (secondary N) is 2. The molecule has 0 aromatic carbocycles. The molecule has 9 heteroatoms. The number of imidazole rings is 1. The predicted molar refractivity (Wildman–Crippen MR) is 87.3 cm³/mol. The number of imide groups is 2. The third-order valence-corrected chi connectivity index (χ3v) is 4.54. The van der Waals surface area contributed by atoms with E-state index in [-0.39, 0.29) is 24.9 Å². The van der Waals surface area contributed by atoms with Gasteiger partial charge in [-0.05, 0) is 12.3 Å². The maximum Gasteiger partial charge on any atom is 0.328 e. The van der Waals surface area contributed by atoms with E-state index in [1.54, 1.807) is 18.4 Å². The van der Waals surface area contributed by atoms with Gasteiger partial charge in [-0.25, -0.2) is 14.1 Å². The van der Waals surface area contributed by atoms with Gasteiger partial charge in [0.25, 0.3) is 5.82 Å². The molecule has 0 unspecified atom stereocenters. The molecule has 4 amide bonds. The van der Waals surface area contributed by atoms with Crippen LogP contribution in [0.25, 0.3) is 0 Å². The second kappa shape index (κ2) is 7.22. The number of aliphatic hydroxyl groups is 1. The molecule has 9 nitrogen and oxygen atoms in total. The molecule has 0 bridgehead atoms. The quantitative estimate of drug-likeness (QED) is 0.372. The Hall–Kier alpha value is -2.42. The lowest BCUT2D eigenvalue weighted by atomic mass is 9.82. The number of rotatable bonds is 6. The first kappa shape index (κ1) is 18.9. The second-order valence-corrected chi connectivity index (χ2v) is 6.72. The van der Waals surface area contributed by atoms with Crippen LogP contribution in [0.4, 0.5) is 4.79 Å². The number of nitrogens with zero attached hydrogens (tertiary/aromatic N) is 2. The van der Waals surface area contributed by atoms with Crippen LogP contribution in [0.1, 0.15) is 43.4 Å². The van der Waals surface area contributed by atoms with Crippen LogP contribution in [0.3, 0.4) is 0 Å². The largest absolute Gasteiger partial charge is 0.711 e. The van der Waals surface area contributed by atoms with Crippen molar-refractivity contribution in [3.05, 3.63) is 22.4 Å². The summed E-state index contributed by atoms with van der Waals surface area (Å²) in [4.78, 5) is 36.0. The lowest BCUT2D eigenvalue weighted by molar-refractivity contribution is -0.622. The Morgan fingerprint density at radius 2 is 1.76 bits per heavy atom. The van der Waals surface area contributed by atoms with Crippen molar-refractivity contribution in [1.29, 1.82) is 0 Å². The van der Waals surface area contributed by atoms with Gasteiger partial charge in [-0.2, -0.15) is 0 Å². The zero-order valence-electron chi connectivity index (χ0n) is 14.8. The van der Waals surface area contributed by atoms with Crippen LogP contribution in [-0.2, 0) is 16.1 Å². The average Bonchev–Trinajstić information content (AvgIpc) is 2.70. The van der Waals surface area contributed by atoms with Crippen LogP contribution >= 0.6 is 0 Å². The van der Waals surface area contributed by atoms with E-state index < -0.39 is 29.7 Å². The third kappa shape index (κ3) is 3.51. The summed E-state index contributed by atoms with van der Waals surface area (Å²) < 4.78 is 2.36. The summed E-state index contributed by atoms with van der Waals surface area (Å²) in [5, 5.41) is 26.3. The fourth-order valence-corrected chi connectivity index (χ4v) is 3.32. The molecule has 1 aromatic rings. The van der Waals surface area contributed by atoms with E-state index in [1.807, 2.05) is 13.8 Å². The molecule has 0 spiro atoms. The maximum atomic E-state index is 12.7. The van der Waals surface area contributed by atoms with Gasteiger partial charge in [0.15, 0.2) is 0 Å². The number of aromatic nitrogens is 2. The summed E-state index contributed by atoms with van der Waals surface area (Å²) in [6.07, 6.45) is 0.399. The molecule has 1 atom stereocenters. The van der Waals surface area contributed by atoms with Gasteiger partial charge in [-0.1, -0.05) is 13.8 Å². The first-order valence-corrected chi connectivity index (χ1v) is 8.24. The number of amides is 4. The van der Waals surface area contributed by atoms with E-state index in [4.69, 9.17) is 0 Å². The number of carbonyl (C=O) groups excluding carboxylic acids is 3. The molecule has 1 aromatic heterocycles. The molecular weight excluding hydrogens is 328 g/mol. The monoisotopic (exact) mass is 352 g/mol. The Morgan fingerprint density at radius 3 is 2.24 bits per heavy atom. The van der Waals surface area contributed by atoms with Crippen molar-refractivity contribution in [3.8, 4) is 0 Å². The summed E-state index contributed by atoms with van der Waals surface area (Å²) in [7, 11) is 0. The molecular formula is C16H24N4O5. The van der Waals surface area contributed by atoms with Crippen LogP contribution < -0.4 is 15.4 Å². The van der Waals surface area contributed by atoms with Crippen molar-refractivity contribution in [2.24, 2.45) is 11.8 Å². The summed E-state index contributed by atoms with van der Waals surface area (Å²) >= 11 is 0. The highest BCUT2D eigenvalue weighted by Crippen LogP contribution is 2.32. The number of carbonyl (C=O) groups is 3. The van der Waals surface area contributed by atoms with Gasteiger partial charge in [0, 0.05) is 13.8 Å². The van der Waals surface area contributed by atoms with E-state index in [2.05, 4.69) is 10.6 Å². The number of hydrogen-bond acceptors (Lipinski definition) is 5. The minimum atomic E-state index is -1.19. The van der Waals surface area contributed by atoms with E-state index in [9.17, 15) is 24.7 Å². The lowest BCUT2D eigenvalue weighted by Gasteiger charge is -2.28. The molecule has 2 heterocycles. The number of barbiturate groups is 1. The molecule has 1 aliphatic rings. The van der Waals surface area contributed by atoms with E-state index in [1.165, 1.54) is 0 Å². The number of urea groups is 1. The molecule has 3 N–H and O–H groups in total. The minimum Gasteiger partial charge on any atom is -0.711 e. The molecule has 25 heavy (non-hydrogen) atoms. The third-order valence-electron chi connectivity index (χ3n) is 4.54. The van der Waals surface area contributed by atoms with Gasteiger partial charge in [-0.15, -0.1) is 0 Å². The summed E-state index contributed by atoms with van der Waals surface area (Å²) in [5.74, 6) is -2.99. The van der Waals surface area contributed by atoms with Crippen molar-refractivity contribution in [2.75, 3.05) is 6.61 Å². The summed E-state index contributed by atoms with van der Waals surface area (Å²) in [5.41, 5.74) is 1.12. The Morgan fingerprint density at radius 1 is 1.20 bits per heavy atom. The molecule has 1 saturated heterocycles. The van der Waals surface area contributed by atoms with Crippen LogP contribution in [0.2, 0.25) is 0 Å². The van der Waals surface area contributed by atoms with Crippen molar-refractivity contribution < 1.29 is 24.2 Å². The van der Waals surface area contributed by atoms with Gasteiger partial charge < -0.3 is 10.3 Å². The van der Waals surface area contributed by atoms with E-state index in [0.29, 0.717) is 17.8 Å². The van der Waals surface area contributed by atoms with Gasteiger partial charge in [0.05, 0.1) is 12.5 Å². The van der Waals surface area contributed by atoms with Gasteiger partial charge >= 0.3 is 6.03 Å². The molecule has 2 rings (SSSR count). The van der Waals surface area contributed by atoms with Crippen molar-refractivity contribution in [1.82, 2.24) is 15.2 Å². The van der Waals surface area contributed by atoms with Gasteiger partial charge in [0.2, 0.25) is 11.8 Å². The Labute approximate surface area is 145 Å². The van der Waals surface area contributed by atoms with Crippen LogP contribution in [0, 0.1) is 30.9 Å². The van der Waals surface area contributed by atoms with E-state index in [0.717, 1.165) is 4.73 Å². The molecule has 1 aliphatic heterocycles. The highest BCUT2D eigenvalue weighted by atomic mass is 16.5. The molecule has 1 fully saturated rings. The minimum absolute atomic E-state index is 0.0984. The van der Waals surface area contributed by atoms with Gasteiger partial charge in [0.1, 0.15) is 23.9 Å². The van der Waals surface area contributed by atoms with Crippen LogP contribution in [0.5, 0.6) is 0 Å². The molecule has 0 saturated carbocycles. The zero-order chi connectivity index (χ0) is 18.9. The van der Waals surface area contributed by atoms with Crippen LogP contribution in [0.15, 0.2) is 0 Å². The predicted octanol–water partition coefficient (Wildman–Crippen LogP) is -0.157. The van der Waals surface area contributed by atoms with Gasteiger partial charge in [-0.3, -0.25) is 20.2 Å². The number of hydrogen-bond donors (Lipinski definition) is 3. The zero-order valence-corrected chi connectivity index (χ0v) is 14.8. The Balaban J connectivity index is 2.59. The van der Waals surface area contributed by atoms with Crippen LogP contribution in [-0.4, -0.2) is 34.1 Å². The normalized spacial score (nSPS) is 17.0. The van der Waals surface area contributed by atoms with E-state index >= 15 is 0 Å². The molecule has 0 aliphatic carbocycles. The first-order chi connectivity index (χ1) is 11.7. The summed E-state index contributed by atoms with van der Waals surface area (Å²) in [6, 6.07) is -0.859. The fraction of sp³-hybridized carbons (Fsp3) is 0.625. The SMILES string of the molecule is Cc1c(C)[n+]([O-])c([C@H](CC(C)C)C2C(=O)NC(=O)NC2=O)n1CCO. The highest BCUT2D eigenvalue weighted by molar-refractivity contribution is 6.16. The first-order valence-electron chi connectivity index (χ1n) is 8.24. The molecule has 0 radical (unpaired) electrons. The highest BCUT2D eigenvalue weighted by Gasteiger charge is 2.46. The summed E-state index contributed by atoms with van der Waals surface area (Å²) in [6.45, 7) is 7.24. The van der Waals surface area contributed by atoms with Crippen molar-refractivity contribution >= 4 is 17.8 Å².